The second kappa shape index (κ2) is 8.08. The van der Waals surface area contributed by atoms with Crippen molar-refractivity contribution >= 4 is 22.6 Å². The van der Waals surface area contributed by atoms with Gasteiger partial charge in [0.2, 0.25) is 0 Å². The number of carbonyl (C=O) groups is 2. The van der Waals surface area contributed by atoms with E-state index in [1.807, 2.05) is 42.5 Å². The van der Waals surface area contributed by atoms with Crippen molar-refractivity contribution < 1.29 is 18.8 Å². The van der Waals surface area contributed by atoms with E-state index in [1.165, 1.54) is 0 Å². The lowest BCUT2D eigenvalue weighted by atomic mass is 10.1. The van der Waals surface area contributed by atoms with Crippen molar-refractivity contribution in [3.05, 3.63) is 54.2 Å². The number of fused-ring (bicyclic) bond motifs is 1. The summed E-state index contributed by atoms with van der Waals surface area (Å²) < 4.78 is 10.5. The minimum Gasteiger partial charge on any atom is -0.484 e. The third-order valence-corrected chi connectivity index (χ3v) is 4.40. The molecule has 0 spiro atoms. The van der Waals surface area contributed by atoms with Crippen molar-refractivity contribution in [2.24, 2.45) is 0 Å². The Morgan fingerprint density at radius 2 is 1.86 bits per heavy atom. The number of aromatic nitrogens is 2. The van der Waals surface area contributed by atoms with Crippen molar-refractivity contribution in [1.29, 1.82) is 0 Å². The summed E-state index contributed by atoms with van der Waals surface area (Å²) in [6.45, 7) is 0.428. The minimum atomic E-state index is -0.443. The average Bonchev–Trinajstić information content (AvgIpc) is 3.45. The average molecular weight is 380 g/mol. The standard InChI is InChI=1S/C20H20N4O4/c25-17(12-27-16-8-7-13-3-1-2-4-15(13)11-16)21-9-10-22-19(26)20-23-18(24-28-20)14-5-6-14/h1-4,7-8,11,14H,5-6,9-10,12H2,(H,21,25)(H,22,26). The van der Waals surface area contributed by atoms with Crippen LogP contribution in [0.4, 0.5) is 0 Å². The molecule has 1 saturated carbocycles. The van der Waals surface area contributed by atoms with Crippen LogP contribution in [-0.4, -0.2) is 41.7 Å². The lowest BCUT2D eigenvalue weighted by Gasteiger charge is -2.08. The van der Waals surface area contributed by atoms with Crippen LogP contribution in [0.3, 0.4) is 0 Å². The van der Waals surface area contributed by atoms with Crippen molar-refractivity contribution in [3.63, 3.8) is 0 Å². The lowest BCUT2D eigenvalue weighted by Crippen LogP contribution is -2.36. The van der Waals surface area contributed by atoms with Gasteiger partial charge in [0, 0.05) is 19.0 Å². The first-order valence-electron chi connectivity index (χ1n) is 9.19. The normalized spacial score (nSPS) is 13.3. The number of ether oxygens (including phenoxy) is 1. The molecule has 1 aliphatic carbocycles. The second-order valence-corrected chi connectivity index (χ2v) is 6.64. The Labute approximate surface area is 161 Å². The Balaban J connectivity index is 1.16. The molecule has 1 heterocycles. The summed E-state index contributed by atoms with van der Waals surface area (Å²) in [6, 6.07) is 13.6. The van der Waals surface area contributed by atoms with Gasteiger partial charge >= 0.3 is 11.8 Å². The lowest BCUT2D eigenvalue weighted by molar-refractivity contribution is -0.123. The molecule has 0 aliphatic heterocycles. The van der Waals surface area contributed by atoms with E-state index in [0.29, 0.717) is 17.5 Å². The number of amides is 2. The predicted molar refractivity (Wildman–Crippen MR) is 101 cm³/mol. The number of nitrogens with zero attached hydrogens (tertiary/aromatic N) is 2. The van der Waals surface area contributed by atoms with Gasteiger partial charge in [-0.1, -0.05) is 35.5 Å². The number of hydrogen-bond donors (Lipinski definition) is 2. The Bertz CT molecular complexity index is 997. The molecular weight excluding hydrogens is 360 g/mol. The summed E-state index contributed by atoms with van der Waals surface area (Å²) in [5, 5.41) is 11.3. The minimum absolute atomic E-state index is 0.0483. The van der Waals surface area contributed by atoms with Gasteiger partial charge in [-0.25, -0.2) is 0 Å². The van der Waals surface area contributed by atoms with Crippen LogP contribution in [0.2, 0.25) is 0 Å². The van der Waals surface area contributed by atoms with Gasteiger partial charge in [-0.3, -0.25) is 9.59 Å². The van der Waals surface area contributed by atoms with E-state index < -0.39 is 5.91 Å². The molecule has 1 fully saturated rings. The molecule has 28 heavy (non-hydrogen) atoms. The van der Waals surface area contributed by atoms with E-state index in [1.54, 1.807) is 0 Å². The maximum absolute atomic E-state index is 11.9. The summed E-state index contributed by atoms with van der Waals surface area (Å²) in [4.78, 5) is 27.9. The van der Waals surface area contributed by atoms with Crippen LogP contribution in [0.25, 0.3) is 10.8 Å². The smallest absolute Gasteiger partial charge is 0.315 e. The van der Waals surface area contributed by atoms with Crippen molar-refractivity contribution in [3.8, 4) is 5.75 Å². The van der Waals surface area contributed by atoms with E-state index in [9.17, 15) is 9.59 Å². The van der Waals surface area contributed by atoms with Gasteiger partial charge in [0.15, 0.2) is 12.4 Å². The Morgan fingerprint density at radius 1 is 1.07 bits per heavy atom. The van der Waals surface area contributed by atoms with Gasteiger partial charge < -0.3 is 19.9 Å². The Kier molecular flexibility index (Phi) is 5.18. The molecule has 144 valence electrons. The molecule has 2 aromatic carbocycles. The molecule has 8 heteroatoms. The largest absolute Gasteiger partial charge is 0.484 e. The number of carbonyl (C=O) groups excluding carboxylic acids is 2. The molecule has 0 bridgehead atoms. The molecule has 0 atom stereocenters. The first-order valence-corrected chi connectivity index (χ1v) is 9.19. The molecular formula is C20H20N4O4. The van der Waals surface area contributed by atoms with Crippen LogP contribution in [0.5, 0.6) is 5.75 Å². The highest BCUT2D eigenvalue weighted by atomic mass is 16.5. The molecule has 2 amide bonds. The van der Waals surface area contributed by atoms with Gasteiger partial charge in [0.1, 0.15) is 5.75 Å². The molecule has 1 aromatic heterocycles. The van der Waals surface area contributed by atoms with Crippen LogP contribution >= 0.6 is 0 Å². The Morgan fingerprint density at radius 3 is 2.68 bits per heavy atom. The molecule has 2 N–H and O–H groups in total. The number of rotatable bonds is 8. The molecule has 0 radical (unpaired) electrons. The summed E-state index contributed by atoms with van der Waals surface area (Å²) >= 11 is 0. The van der Waals surface area contributed by atoms with Crippen molar-refractivity contribution in [1.82, 2.24) is 20.8 Å². The summed E-state index contributed by atoms with van der Waals surface area (Å²) in [5.74, 6) is 0.784. The fourth-order valence-corrected chi connectivity index (χ4v) is 2.75. The van der Waals surface area contributed by atoms with Crippen molar-refractivity contribution in [2.45, 2.75) is 18.8 Å². The highest BCUT2D eigenvalue weighted by Gasteiger charge is 2.29. The van der Waals surface area contributed by atoms with Crippen LogP contribution in [0.1, 0.15) is 35.3 Å². The zero-order chi connectivity index (χ0) is 19.3. The predicted octanol–water partition coefficient (Wildman–Crippen LogP) is 2.03. The van der Waals surface area contributed by atoms with Gasteiger partial charge in [0.05, 0.1) is 0 Å². The van der Waals surface area contributed by atoms with E-state index in [4.69, 9.17) is 9.26 Å². The number of nitrogens with one attached hydrogen (secondary N) is 2. The Hall–Kier alpha value is -3.42. The zero-order valence-corrected chi connectivity index (χ0v) is 15.2. The monoisotopic (exact) mass is 380 g/mol. The first-order chi connectivity index (χ1) is 13.7. The molecule has 8 nitrogen and oxygen atoms in total. The van der Waals surface area contributed by atoms with Gasteiger partial charge in [0.25, 0.3) is 5.91 Å². The summed E-state index contributed by atoms with van der Waals surface area (Å²) in [7, 11) is 0. The van der Waals surface area contributed by atoms with Crippen LogP contribution in [-0.2, 0) is 4.79 Å². The van der Waals surface area contributed by atoms with E-state index in [-0.39, 0.29) is 31.5 Å². The topological polar surface area (TPSA) is 106 Å². The van der Waals surface area contributed by atoms with Crippen molar-refractivity contribution in [2.75, 3.05) is 19.7 Å². The number of hydrogen-bond acceptors (Lipinski definition) is 6. The maximum Gasteiger partial charge on any atom is 0.315 e. The molecule has 4 rings (SSSR count). The van der Waals surface area contributed by atoms with Crippen LogP contribution in [0, 0.1) is 0 Å². The number of benzene rings is 2. The molecule has 0 saturated heterocycles. The highest BCUT2D eigenvalue weighted by molar-refractivity contribution is 5.89. The zero-order valence-electron chi connectivity index (χ0n) is 15.2. The van der Waals surface area contributed by atoms with E-state index in [0.717, 1.165) is 23.6 Å². The SMILES string of the molecule is O=C(COc1ccc2ccccc2c1)NCCNC(=O)c1nc(C2CC2)no1. The quantitative estimate of drug-likeness (QED) is 0.579. The fourth-order valence-electron chi connectivity index (χ4n) is 2.75. The van der Waals surface area contributed by atoms with Crippen LogP contribution < -0.4 is 15.4 Å². The van der Waals surface area contributed by atoms with Crippen LogP contribution in [0.15, 0.2) is 47.0 Å². The summed E-state index contributed by atoms with van der Waals surface area (Å²) in [5.41, 5.74) is 0. The summed E-state index contributed by atoms with van der Waals surface area (Å²) in [6.07, 6.45) is 2.07. The third kappa shape index (κ3) is 4.46. The fraction of sp³-hybridized carbons (Fsp3) is 0.300. The highest BCUT2D eigenvalue weighted by Crippen LogP contribution is 2.38. The third-order valence-electron chi connectivity index (χ3n) is 4.40. The maximum atomic E-state index is 11.9. The molecule has 1 aliphatic rings. The van der Waals surface area contributed by atoms with Gasteiger partial charge in [-0.05, 0) is 35.7 Å². The van der Waals surface area contributed by atoms with Gasteiger partial charge in [-0.2, -0.15) is 4.98 Å². The van der Waals surface area contributed by atoms with Gasteiger partial charge in [-0.15, -0.1) is 0 Å². The molecule has 0 unspecified atom stereocenters. The van der Waals surface area contributed by atoms with E-state index >= 15 is 0 Å². The molecule has 3 aromatic rings. The first kappa shape index (κ1) is 18.0. The second-order valence-electron chi connectivity index (χ2n) is 6.64. The van der Waals surface area contributed by atoms with E-state index in [2.05, 4.69) is 20.8 Å².